The highest BCUT2D eigenvalue weighted by Crippen LogP contribution is 2.26. The quantitative estimate of drug-likeness (QED) is 0.185. The van der Waals surface area contributed by atoms with Crippen molar-refractivity contribution < 1.29 is 47.7 Å². The number of rotatable bonds is 12. The normalized spacial score (nSPS) is 13.3. The van der Waals surface area contributed by atoms with Gasteiger partial charge in [-0.1, -0.05) is 26.8 Å². The Morgan fingerprint density at radius 1 is 0.800 bits per heavy atom. The summed E-state index contributed by atoms with van der Waals surface area (Å²) in [4.78, 5) is 71.7. The molecule has 35 heavy (non-hydrogen) atoms. The fourth-order valence-corrected chi connectivity index (χ4v) is 3.27. The number of esters is 4. The van der Waals surface area contributed by atoms with Gasteiger partial charge in [0.15, 0.2) is 23.8 Å². The van der Waals surface area contributed by atoms with Crippen LogP contribution < -0.4 is 4.74 Å². The maximum Gasteiger partial charge on any atom is 0.308 e. The van der Waals surface area contributed by atoms with Crippen molar-refractivity contribution in [3.8, 4) is 5.75 Å². The molecule has 0 saturated carbocycles. The van der Waals surface area contributed by atoms with Crippen LogP contribution in [0.1, 0.15) is 64.4 Å². The third-order valence-electron chi connectivity index (χ3n) is 4.80. The molecule has 0 spiro atoms. The Bertz CT molecular complexity index is 978. The van der Waals surface area contributed by atoms with E-state index < -0.39 is 54.4 Å². The summed E-state index contributed by atoms with van der Waals surface area (Å²) in [6.07, 6.45) is -2.72. The van der Waals surface area contributed by atoms with E-state index in [1.165, 1.54) is 19.1 Å². The molecule has 1 unspecified atom stereocenters. The zero-order chi connectivity index (χ0) is 26.9. The van der Waals surface area contributed by atoms with Crippen LogP contribution in [-0.2, 0) is 44.6 Å². The molecule has 192 valence electrons. The molecule has 0 saturated heterocycles. The average molecular weight is 493 g/mol. The predicted molar refractivity (Wildman–Crippen MR) is 123 cm³/mol. The number of benzene rings is 1. The number of hydrogen-bond acceptors (Lipinski definition) is 10. The largest absolute Gasteiger partial charge is 0.462 e. The van der Waals surface area contributed by atoms with Crippen LogP contribution in [0.4, 0.5) is 0 Å². The van der Waals surface area contributed by atoms with Crippen LogP contribution in [0.5, 0.6) is 5.75 Å². The molecule has 0 fully saturated rings. The minimum atomic E-state index is -1.51. The lowest BCUT2D eigenvalue weighted by molar-refractivity contribution is -0.177. The number of carbonyl (C=O) groups is 6. The maximum absolute atomic E-state index is 13.2. The molecule has 0 heterocycles. The van der Waals surface area contributed by atoms with E-state index >= 15 is 0 Å². The molecule has 10 heteroatoms. The Kier molecular flexibility index (Phi) is 11.2. The monoisotopic (exact) mass is 492 g/mol. The lowest BCUT2D eigenvalue weighted by atomic mass is 9.90. The van der Waals surface area contributed by atoms with Crippen molar-refractivity contribution in [2.24, 2.45) is 11.8 Å². The Hall–Kier alpha value is -3.56. The lowest BCUT2D eigenvalue weighted by Gasteiger charge is -2.27. The third kappa shape index (κ3) is 9.68. The van der Waals surface area contributed by atoms with Gasteiger partial charge in [0.25, 0.3) is 0 Å². The molecule has 1 aromatic rings. The SMILES string of the molecule is CC(=O)OC[C@H](OC(C)=O)[C@H](OC(C)=O)C(=O)C(C)Cc1ccc(C(=O)C(C)C)c(OC(C)=O)c1. The Labute approximate surface area is 204 Å². The van der Waals surface area contributed by atoms with Crippen LogP contribution in [0.25, 0.3) is 0 Å². The van der Waals surface area contributed by atoms with E-state index in [0.29, 0.717) is 5.56 Å². The van der Waals surface area contributed by atoms with Gasteiger partial charge in [0.2, 0.25) is 0 Å². The van der Waals surface area contributed by atoms with Crippen molar-refractivity contribution in [1.29, 1.82) is 0 Å². The molecule has 0 radical (unpaired) electrons. The van der Waals surface area contributed by atoms with E-state index in [1.54, 1.807) is 26.8 Å². The summed E-state index contributed by atoms with van der Waals surface area (Å²) < 4.78 is 20.4. The van der Waals surface area contributed by atoms with Crippen molar-refractivity contribution in [2.45, 2.75) is 67.1 Å². The van der Waals surface area contributed by atoms with E-state index in [2.05, 4.69) is 0 Å². The number of Topliss-reactive ketones (excluding diaryl/α,β-unsaturated/α-hetero) is 2. The van der Waals surface area contributed by atoms with Gasteiger partial charge in [0, 0.05) is 39.5 Å². The van der Waals surface area contributed by atoms with Crippen molar-refractivity contribution in [2.75, 3.05) is 6.61 Å². The molecule has 0 aliphatic carbocycles. The van der Waals surface area contributed by atoms with Crippen LogP contribution >= 0.6 is 0 Å². The maximum atomic E-state index is 13.2. The topological polar surface area (TPSA) is 139 Å². The highest BCUT2D eigenvalue weighted by molar-refractivity contribution is 6.00. The van der Waals surface area contributed by atoms with Crippen molar-refractivity contribution in [3.05, 3.63) is 29.3 Å². The molecular formula is C25H32O10. The second kappa shape index (κ2) is 13.4. The molecular weight excluding hydrogens is 460 g/mol. The van der Waals surface area contributed by atoms with Gasteiger partial charge in [-0.3, -0.25) is 28.8 Å². The van der Waals surface area contributed by atoms with Crippen molar-refractivity contribution in [1.82, 2.24) is 0 Å². The van der Waals surface area contributed by atoms with E-state index in [1.807, 2.05) is 0 Å². The number of carbonyl (C=O) groups excluding carboxylic acids is 6. The molecule has 1 aromatic carbocycles. The molecule has 0 aromatic heterocycles. The number of ether oxygens (including phenoxy) is 4. The van der Waals surface area contributed by atoms with Crippen LogP contribution in [-0.4, -0.2) is 54.3 Å². The summed E-state index contributed by atoms with van der Waals surface area (Å²) in [5, 5.41) is 0. The smallest absolute Gasteiger partial charge is 0.308 e. The predicted octanol–water partition coefficient (Wildman–Crippen LogP) is 2.62. The summed E-state index contributed by atoms with van der Waals surface area (Å²) in [6.45, 7) is 9.10. The fraction of sp³-hybridized carbons (Fsp3) is 0.520. The zero-order valence-corrected chi connectivity index (χ0v) is 21.0. The van der Waals surface area contributed by atoms with Crippen molar-refractivity contribution >= 4 is 35.4 Å². The summed E-state index contributed by atoms with van der Waals surface area (Å²) in [7, 11) is 0. The van der Waals surface area contributed by atoms with E-state index in [9.17, 15) is 28.8 Å². The van der Waals surface area contributed by atoms with Gasteiger partial charge in [-0.2, -0.15) is 0 Å². The first-order valence-corrected chi connectivity index (χ1v) is 11.1. The summed E-state index contributed by atoms with van der Waals surface area (Å²) in [5.41, 5.74) is 0.819. The summed E-state index contributed by atoms with van der Waals surface area (Å²) >= 11 is 0. The number of hydrogen-bond donors (Lipinski definition) is 0. The van der Waals surface area contributed by atoms with Gasteiger partial charge in [-0.15, -0.1) is 0 Å². The zero-order valence-electron chi connectivity index (χ0n) is 21.0. The van der Waals surface area contributed by atoms with Gasteiger partial charge in [-0.25, -0.2) is 0 Å². The van der Waals surface area contributed by atoms with Crippen molar-refractivity contribution in [3.63, 3.8) is 0 Å². The molecule has 0 aliphatic rings. The molecule has 1 rings (SSSR count). The lowest BCUT2D eigenvalue weighted by Crippen LogP contribution is -2.46. The van der Waals surface area contributed by atoms with Gasteiger partial charge in [0.1, 0.15) is 12.4 Å². The molecule has 0 N–H and O–H groups in total. The Morgan fingerprint density at radius 3 is 1.89 bits per heavy atom. The van der Waals surface area contributed by atoms with Crippen LogP contribution in [0.15, 0.2) is 18.2 Å². The van der Waals surface area contributed by atoms with E-state index in [-0.39, 0.29) is 29.4 Å². The van der Waals surface area contributed by atoms with Crippen LogP contribution in [0.2, 0.25) is 0 Å². The minimum absolute atomic E-state index is 0.0810. The summed E-state index contributed by atoms with van der Waals surface area (Å²) in [5.74, 6) is -4.59. The van der Waals surface area contributed by atoms with E-state index in [0.717, 1.165) is 20.8 Å². The first kappa shape index (κ1) is 29.5. The minimum Gasteiger partial charge on any atom is -0.462 e. The fourth-order valence-electron chi connectivity index (χ4n) is 3.27. The van der Waals surface area contributed by atoms with Gasteiger partial charge in [0.05, 0.1) is 5.56 Å². The third-order valence-corrected chi connectivity index (χ3v) is 4.80. The molecule has 3 atom stereocenters. The van der Waals surface area contributed by atoms with Gasteiger partial charge in [-0.05, 0) is 24.1 Å². The Morgan fingerprint density at radius 2 is 1.40 bits per heavy atom. The van der Waals surface area contributed by atoms with Gasteiger partial charge < -0.3 is 18.9 Å². The average Bonchev–Trinajstić information content (AvgIpc) is 2.73. The van der Waals surface area contributed by atoms with E-state index in [4.69, 9.17) is 18.9 Å². The second-order valence-corrected chi connectivity index (χ2v) is 8.43. The number of ketones is 2. The molecule has 0 bridgehead atoms. The highest BCUT2D eigenvalue weighted by atomic mass is 16.6. The Balaban J connectivity index is 3.24. The molecule has 10 nitrogen and oxygen atoms in total. The first-order chi connectivity index (χ1) is 16.2. The van der Waals surface area contributed by atoms with Crippen LogP contribution in [0, 0.1) is 11.8 Å². The second-order valence-electron chi connectivity index (χ2n) is 8.43. The first-order valence-electron chi connectivity index (χ1n) is 11.1. The van der Waals surface area contributed by atoms with Crippen LogP contribution in [0.3, 0.4) is 0 Å². The van der Waals surface area contributed by atoms with Gasteiger partial charge >= 0.3 is 23.9 Å². The standard InChI is InChI=1S/C25H32O10/c1-13(2)23(30)20-9-8-19(11-21(20)33-16(5)27)10-14(3)24(31)25(35-18(7)29)22(34-17(6)28)12-32-15(4)26/h8-9,11,13-14,22,25H,10,12H2,1-7H3/t14?,22-,25-/m0/s1. The summed E-state index contributed by atoms with van der Waals surface area (Å²) in [6, 6.07) is 4.67. The molecule has 0 amide bonds. The molecule has 0 aliphatic heterocycles. The highest BCUT2D eigenvalue weighted by Gasteiger charge is 2.37.